The maximum absolute atomic E-state index is 12.7. The van der Waals surface area contributed by atoms with Crippen molar-refractivity contribution >= 4 is 18.0 Å². The van der Waals surface area contributed by atoms with E-state index in [9.17, 15) is 14.4 Å². The summed E-state index contributed by atoms with van der Waals surface area (Å²) in [5.74, 6) is -1.19. The lowest BCUT2D eigenvalue weighted by atomic mass is 9.95. The van der Waals surface area contributed by atoms with Gasteiger partial charge in [-0.3, -0.25) is 0 Å². The number of ether oxygens (including phenoxy) is 3. The minimum atomic E-state index is -0.729. The predicted molar refractivity (Wildman–Crippen MR) is 112 cm³/mol. The third kappa shape index (κ3) is 5.49. The summed E-state index contributed by atoms with van der Waals surface area (Å²) in [4.78, 5) is 37.5. The van der Waals surface area contributed by atoms with Gasteiger partial charge in [-0.15, -0.1) is 0 Å². The van der Waals surface area contributed by atoms with E-state index in [2.05, 4.69) is 10.6 Å². The molecule has 0 saturated carbocycles. The minimum Gasteiger partial charge on any atom is -0.463 e. The van der Waals surface area contributed by atoms with Crippen LogP contribution in [-0.4, -0.2) is 38.3 Å². The number of amides is 2. The van der Waals surface area contributed by atoms with Crippen LogP contribution in [0.2, 0.25) is 0 Å². The van der Waals surface area contributed by atoms with E-state index in [1.807, 2.05) is 12.1 Å². The Morgan fingerprint density at radius 2 is 1.74 bits per heavy atom. The quantitative estimate of drug-likeness (QED) is 0.632. The Labute approximate surface area is 180 Å². The number of urea groups is 1. The maximum Gasteiger partial charge on any atom is 0.338 e. The molecule has 0 bridgehead atoms. The Hall–Kier alpha value is -3.65. The second kappa shape index (κ2) is 10.4. The molecule has 1 atom stereocenters. The number of carbonyl (C=O) groups is 3. The summed E-state index contributed by atoms with van der Waals surface area (Å²) >= 11 is 0. The molecule has 0 aromatic heterocycles. The number of esters is 2. The van der Waals surface area contributed by atoms with E-state index in [4.69, 9.17) is 14.2 Å². The molecule has 8 nitrogen and oxygen atoms in total. The van der Waals surface area contributed by atoms with Crippen LogP contribution in [0.15, 0.2) is 65.9 Å². The van der Waals surface area contributed by atoms with Crippen LogP contribution in [0.4, 0.5) is 4.79 Å². The summed E-state index contributed by atoms with van der Waals surface area (Å²) in [5, 5.41) is 5.31. The standard InChI is InChI=1S/C23H24N2O6/c1-3-30-22(27)19-18(24-23(28)25-20(19)16-9-5-4-6-10-16)14-31-21(26)17-11-7-8-15(12-17)13-29-2/h4-12,20H,3,13-14H2,1-2H3,(H2,24,25,28)/t20-/m1/s1. The molecule has 0 spiro atoms. The van der Waals surface area contributed by atoms with Crippen LogP contribution in [0.25, 0.3) is 0 Å². The second-order valence-corrected chi connectivity index (χ2v) is 6.76. The number of hydrogen-bond acceptors (Lipinski definition) is 6. The van der Waals surface area contributed by atoms with Gasteiger partial charge in [-0.25, -0.2) is 14.4 Å². The highest BCUT2D eigenvalue weighted by molar-refractivity contribution is 5.95. The Morgan fingerprint density at radius 1 is 0.968 bits per heavy atom. The van der Waals surface area contributed by atoms with Crippen molar-refractivity contribution in [3.05, 3.63) is 82.6 Å². The monoisotopic (exact) mass is 424 g/mol. The van der Waals surface area contributed by atoms with Gasteiger partial charge in [0.25, 0.3) is 0 Å². The summed E-state index contributed by atoms with van der Waals surface area (Å²) in [6.45, 7) is 1.92. The third-order valence-corrected chi connectivity index (χ3v) is 4.60. The maximum atomic E-state index is 12.7. The molecule has 1 heterocycles. The first-order valence-electron chi connectivity index (χ1n) is 9.81. The van der Waals surface area contributed by atoms with Gasteiger partial charge in [0.1, 0.15) is 6.61 Å². The van der Waals surface area contributed by atoms with E-state index in [1.54, 1.807) is 56.5 Å². The Balaban J connectivity index is 1.87. The summed E-state index contributed by atoms with van der Waals surface area (Å²) < 4.78 is 15.7. The number of rotatable bonds is 8. The van der Waals surface area contributed by atoms with E-state index in [0.717, 1.165) is 5.56 Å². The molecule has 2 amide bonds. The average Bonchev–Trinajstić information content (AvgIpc) is 2.78. The molecule has 0 radical (unpaired) electrons. The van der Waals surface area contributed by atoms with Crippen LogP contribution in [0, 0.1) is 0 Å². The smallest absolute Gasteiger partial charge is 0.338 e. The van der Waals surface area contributed by atoms with Crippen molar-refractivity contribution in [3.8, 4) is 0 Å². The van der Waals surface area contributed by atoms with Crippen molar-refractivity contribution in [2.24, 2.45) is 0 Å². The molecule has 2 N–H and O–H groups in total. The fourth-order valence-electron chi connectivity index (χ4n) is 3.25. The van der Waals surface area contributed by atoms with Gasteiger partial charge in [0.15, 0.2) is 0 Å². The highest BCUT2D eigenvalue weighted by atomic mass is 16.5. The lowest BCUT2D eigenvalue weighted by Crippen LogP contribution is -2.47. The van der Waals surface area contributed by atoms with Crippen molar-refractivity contribution in [2.45, 2.75) is 19.6 Å². The van der Waals surface area contributed by atoms with Crippen molar-refractivity contribution in [3.63, 3.8) is 0 Å². The number of methoxy groups -OCH3 is 1. The first-order chi connectivity index (χ1) is 15.0. The molecular weight excluding hydrogens is 400 g/mol. The zero-order valence-corrected chi connectivity index (χ0v) is 17.3. The fraction of sp³-hybridized carbons (Fsp3) is 0.261. The van der Waals surface area contributed by atoms with E-state index in [1.165, 1.54) is 0 Å². The largest absolute Gasteiger partial charge is 0.463 e. The highest BCUT2D eigenvalue weighted by Gasteiger charge is 2.34. The van der Waals surface area contributed by atoms with Crippen molar-refractivity contribution in [1.82, 2.24) is 10.6 Å². The average molecular weight is 424 g/mol. The predicted octanol–water partition coefficient (Wildman–Crippen LogP) is 2.86. The summed E-state index contributed by atoms with van der Waals surface area (Å²) in [5.41, 5.74) is 2.23. The number of nitrogens with one attached hydrogen (secondary N) is 2. The number of carbonyl (C=O) groups excluding carboxylic acids is 3. The van der Waals surface area contributed by atoms with Gasteiger partial charge in [0.2, 0.25) is 0 Å². The highest BCUT2D eigenvalue weighted by Crippen LogP contribution is 2.28. The summed E-state index contributed by atoms with van der Waals surface area (Å²) in [6.07, 6.45) is 0. The molecule has 0 unspecified atom stereocenters. The van der Waals surface area contributed by atoms with E-state index < -0.39 is 24.0 Å². The summed E-state index contributed by atoms with van der Waals surface area (Å²) in [7, 11) is 1.57. The van der Waals surface area contributed by atoms with Gasteiger partial charge in [-0.2, -0.15) is 0 Å². The van der Waals surface area contributed by atoms with Gasteiger partial charge in [-0.05, 0) is 30.2 Å². The lowest BCUT2D eigenvalue weighted by molar-refractivity contribution is -0.139. The molecule has 162 valence electrons. The second-order valence-electron chi connectivity index (χ2n) is 6.76. The SMILES string of the molecule is CCOC(=O)C1=C(COC(=O)c2cccc(COC)c2)NC(=O)N[C@@H]1c1ccccc1. The van der Waals surface area contributed by atoms with Crippen molar-refractivity contribution in [2.75, 3.05) is 20.3 Å². The van der Waals surface area contributed by atoms with Crippen LogP contribution < -0.4 is 10.6 Å². The van der Waals surface area contributed by atoms with Gasteiger partial charge >= 0.3 is 18.0 Å². The van der Waals surface area contributed by atoms with Gasteiger partial charge in [0.05, 0.1) is 36.1 Å². The molecule has 1 aliphatic heterocycles. The Kier molecular flexibility index (Phi) is 7.40. The number of hydrogen-bond donors (Lipinski definition) is 2. The first-order valence-corrected chi connectivity index (χ1v) is 9.81. The fourth-order valence-corrected chi connectivity index (χ4v) is 3.25. The van der Waals surface area contributed by atoms with Crippen molar-refractivity contribution in [1.29, 1.82) is 0 Å². The number of benzene rings is 2. The minimum absolute atomic E-state index is 0.164. The molecule has 1 aliphatic rings. The molecule has 0 aliphatic carbocycles. The third-order valence-electron chi connectivity index (χ3n) is 4.60. The van der Waals surface area contributed by atoms with Crippen LogP contribution in [0.3, 0.4) is 0 Å². The molecule has 3 rings (SSSR count). The van der Waals surface area contributed by atoms with Crippen LogP contribution in [0.1, 0.15) is 34.5 Å². The van der Waals surface area contributed by atoms with E-state index in [-0.39, 0.29) is 24.5 Å². The molecule has 0 fully saturated rings. The van der Waals surface area contributed by atoms with Gasteiger partial charge in [0, 0.05) is 7.11 Å². The first kappa shape index (κ1) is 22.0. The molecular formula is C23H24N2O6. The Bertz CT molecular complexity index is 987. The van der Waals surface area contributed by atoms with Crippen molar-refractivity contribution < 1.29 is 28.6 Å². The van der Waals surface area contributed by atoms with Crippen LogP contribution in [-0.2, 0) is 25.6 Å². The zero-order chi connectivity index (χ0) is 22.2. The molecule has 31 heavy (non-hydrogen) atoms. The molecule has 2 aromatic carbocycles. The van der Waals surface area contributed by atoms with Crippen LogP contribution >= 0.6 is 0 Å². The van der Waals surface area contributed by atoms with E-state index in [0.29, 0.717) is 17.7 Å². The molecule has 8 heteroatoms. The van der Waals surface area contributed by atoms with Gasteiger partial charge in [-0.1, -0.05) is 42.5 Å². The topological polar surface area (TPSA) is 103 Å². The lowest BCUT2D eigenvalue weighted by Gasteiger charge is -2.29. The molecule has 0 saturated heterocycles. The summed E-state index contributed by atoms with van der Waals surface area (Å²) in [6, 6.07) is 14.6. The molecule has 2 aromatic rings. The van der Waals surface area contributed by atoms with E-state index >= 15 is 0 Å². The van der Waals surface area contributed by atoms with Gasteiger partial charge < -0.3 is 24.8 Å². The normalized spacial score (nSPS) is 15.7. The zero-order valence-electron chi connectivity index (χ0n) is 17.3. The van der Waals surface area contributed by atoms with Crippen LogP contribution in [0.5, 0.6) is 0 Å². The Morgan fingerprint density at radius 3 is 2.45 bits per heavy atom.